The Morgan fingerprint density at radius 1 is 1.10 bits per heavy atom. The number of rotatable bonds is 3. The molecule has 1 heterocycles. The van der Waals surface area contributed by atoms with Crippen LogP contribution in [-0.4, -0.2) is 46.5 Å². The molecule has 0 aromatic heterocycles. The van der Waals surface area contributed by atoms with E-state index in [0.29, 0.717) is 25.8 Å². The summed E-state index contributed by atoms with van der Waals surface area (Å²) in [6.07, 6.45) is 4.35. The average Bonchev–Trinajstić information content (AvgIpc) is 2.88. The number of nitrogens with one attached hydrogen (secondary N) is 1. The summed E-state index contributed by atoms with van der Waals surface area (Å²) in [6.45, 7) is 0.490. The molecule has 7 nitrogen and oxygen atoms in total. The number of likely N-dealkylation sites (tertiary alicyclic amines) is 1. The molecule has 0 radical (unpaired) electrons. The van der Waals surface area contributed by atoms with E-state index in [1.165, 1.54) is 4.90 Å². The Morgan fingerprint density at radius 3 is 2.45 bits per heavy atom. The van der Waals surface area contributed by atoms with Crippen molar-refractivity contribution in [2.75, 3.05) is 6.54 Å². The van der Waals surface area contributed by atoms with Gasteiger partial charge in [-0.1, -0.05) is 12.8 Å². The van der Waals surface area contributed by atoms with Gasteiger partial charge in [-0.05, 0) is 25.7 Å². The SMILES string of the molecule is NC(=O)C1CCCN1C(=O)NC1CCCCC1C(=O)O. The van der Waals surface area contributed by atoms with Crippen LogP contribution in [0.15, 0.2) is 0 Å². The van der Waals surface area contributed by atoms with Gasteiger partial charge in [-0.3, -0.25) is 9.59 Å². The lowest BCUT2D eigenvalue weighted by Crippen LogP contribution is -2.53. The minimum atomic E-state index is -0.872. The highest BCUT2D eigenvalue weighted by Gasteiger charge is 2.36. The lowest BCUT2D eigenvalue weighted by Gasteiger charge is -2.32. The van der Waals surface area contributed by atoms with Crippen molar-refractivity contribution in [1.29, 1.82) is 0 Å². The molecule has 1 saturated heterocycles. The van der Waals surface area contributed by atoms with E-state index in [4.69, 9.17) is 5.73 Å². The first kappa shape index (κ1) is 14.6. The second-order valence-corrected chi connectivity index (χ2v) is 5.54. The number of carboxylic acid groups (broad SMARTS) is 1. The third kappa shape index (κ3) is 3.02. The molecule has 0 aromatic rings. The number of urea groups is 1. The molecule has 1 aliphatic carbocycles. The molecule has 3 unspecified atom stereocenters. The third-order valence-corrected chi connectivity index (χ3v) is 4.23. The van der Waals surface area contributed by atoms with Crippen molar-refractivity contribution in [3.05, 3.63) is 0 Å². The van der Waals surface area contributed by atoms with Gasteiger partial charge >= 0.3 is 12.0 Å². The number of nitrogens with zero attached hydrogens (tertiary/aromatic N) is 1. The predicted octanol–water partition coefficient (Wildman–Crippen LogP) is 0.289. The van der Waals surface area contributed by atoms with Crippen molar-refractivity contribution in [1.82, 2.24) is 10.2 Å². The molecule has 2 fully saturated rings. The first-order valence-corrected chi connectivity index (χ1v) is 7.10. The molecule has 0 aromatic carbocycles. The fourth-order valence-electron chi connectivity index (χ4n) is 3.15. The third-order valence-electron chi connectivity index (χ3n) is 4.23. The number of nitrogens with two attached hydrogens (primary N) is 1. The number of amides is 3. The summed E-state index contributed by atoms with van der Waals surface area (Å²) in [5.41, 5.74) is 5.28. The number of carbonyl (C=O) groups is 3. The van der Waals surface area contributed by atoms with Crippen LogP contribution in [0.5, 0.6) is 0 Å². The number of carbonyl (C=O) groups excluding carboxylic acids is 2. The maximum atomic E-state index is 12.2. The quantitative estimate of drug-likeness (QED) is 0.690. The molecule has 2 rings (SSSR count). The van der Waals surface area contributed by atoms with Gasteiger partial charge in [-0.15, -0.1) is 0 Å². The molecule has 0 spiro atoms. The molecule has 1 aliphatic heterocycles. The van der Waals surface area contributed by atoms with Crippen molar-refractivity contribution in [3.63, 3.8) is 0 Å². The van der Waals surface area contributed by atoms with Crippen molar-refractivity contribution in [3.8, 4) is 0 Å². The summed E-state index contributed by atoms with van der Waals surface area (Å²) in [6, 6.07) is -1.30. The van der Waals surface area contributed by atoms with E-state index in [9.17, 15) is 19.5 Å². The van der Waals surface area contributed by atoms with Crippen LogP contribution >= 0.6 is 0 Å². The highest BCUT2D eigenvalue weighted by Crippen LogP contribution is 2.25. The molecular formula is C13H21N3O4. The normalized spacial score (nSPS) is 30.0. The van der Waals surface area contributed by atoms with Crippen LogP contribution < -0.4 is 11.1 Å². The Bertz CT molecular complexity index is 412. The zero-order valence-electron chi connectivity index (χ0n) is 11.4. The summed E-state index contributed by atoms with van der Waals surface area (Å²) in [5.74, 6) is -1.92. The van der Waals surface area contributed by atoms with Gasteiger partial charge in [-0.25, -0.2) is 4.79 Å². The second kappa shape index (κ2) is 6.11. The van der Waals surface area contributed by atoms with Gasteiger partial charge in [0.1, 0.15) is 6.04 Å². The molecule has 20 heavy (non-hydrogen) atoms. The van der Waals surface area contributed by atoms with Gasteiger partial charge < -0.3 is 21.1 Å². The minimum absolute atomic E-state index is 0.358. The first-order valence-electron chi connectivity index (χ1n) is 7.10. The molecule has 3 atom stereocenters. The molecule has 0 bridgehead atoms. The Balaban J connectivity index is 1.99. The average molecular weight is 283 g/mol. The largest absolute Gasteiger partial charge is 0.481 e. The van der Waals surface area contributed by atoms with E-state index in [1.807, 2.05) is 0 Å². The van der Waals surface area contributed by atoms with Gasteiger partial charge in [0.25, 0.3) is 0 Å². The van der Waals surface area contributed by atoms with E-state index in [2.05, 4.69) is 5.32 Å². The lowest BCUT2D eigenvalue weighted by molar-refractivity contribution is -0.143. The first-order chi connectivity index (χ1) is 9.50. The minimum Gasteiger partial charge on any atom is -0.481 e. The van der Waals surface area contributed by atoms with Gasteiger partial charge in [-0.2, -0.15) is 0 Å². The van der Waals surface area contributed by atoms with E-state index >= 15 is 0 Å². The lowest BCUT2D eigenvalue weighted by atomic mass is 9.84. The molecule has 2 aliphatic rings. The Hall–Kier alpha value is -1.79. The van der Waals surface area contributed by atoms with Gasteiger partial charge in [0, 0.05) is 12.6 Å². The fourth-order valence-corrected chi connectivity index (χ4v) is 3.15. The number of aliphatic carboxylic acids is 1. The summed E-state index contributed by atoms with van der Waals surface area (Å²) in [7, 11) is 0. The zero-order chi connectivity index (χ0) is 14.7. The summed E-state index contributed by atoms with van der Waals surface area (Å²) < 4.78 is 0. The monoisotopic (exact) mass is 283 g/mol. The van der Waals surface area contributed by atoms with Gasteiger partial charge in [0.2, 0.25) is 5.91 Å². The summed E-state index contributed by atoms with van der Waals surface area (Å²) >= 11 is 0. The number of primary amides is 1. The summed E-state index contributed by atoms with van der Waals surface area (Å²) in [4.78, 5) is 36.1. The smallest absolute Gasteiger partial charge is 0.318 e. The number of hydrogen-bond acceptors (Lipinski definition) is 3. The highest BCUT2D eigenvalue weighted by molar-refractivity contribution is 5.86. The van der Waals surface area contributed by atoms with E-state index < -0.39 is 23.8 Å². The molecular weight excluding hydrogens is 262 g/mol. The van der Waals surface area contributed by atoms with Crippen LogP contribution in [0.25, 0.3) is 0 Å². The van der Waals surface area contributed by atoms with Crippen molar-refractivity contribution in [2.45, 2.75) is 50.6 Å². The molecule has 3 amide bonds. The van der Waals surface area contributed by atoms with Crippen LogP contribution in [0.2, 0.25) is 0 Å². The van der Waals surface area contributed by atoms with Crippen LogP contribution in [0.4, 0.5) is 4.79 Å². The standard InChI is InChI=1S/C13H21N3O4/c14-11(17)10-6-3-7-16(10)13(20)15-9-5-2-1-4-8(9)12(18)19/h8-10H,1-7H2,(H2,14,17)(H,15,20)(H,18,19). The van der Waals surface area contributed by atoms with Crippen molar-refractivity contribution >= 4 is 17.9 Å². The van der Waals surface area contributed by atoms with Crippen LogP contribution in [0.3, 0.4) is 0 Å². The Morgan fingerprint density at radius 2 is 1.80 bits per heavy atom. The molecule has 112 valence electrons. The zero-order valence-corrected chi connectivity index (χ0v) is 11.4. The predicted molar refractivity (Wildman–Crippen MR) is 70.8 cm³/mol. The molecule has 1 saturated carbocycles. The van der Waals surface area contributed by atoms with E-state index in [-0.39, 0.29) is 12.1 Å². The van der Waals surface area contributed by atoms with Crippen molar-refractivity contribution in [2.24, 2.45) is 11.7 Å². The Kier molecular flexibility index (Phi) is 4.46. The maximum absolute atomic E-state index is 12.2. The highest BCUT2D eigenvalue weighted by atomic mass is 16.4. The molecule has 4 N–H and O–H groups in total. The van der Waals surface area contributed by atoms with Crippen molar-refractivity contribution < 1.29 is 19.5 Å². The van der Waals surface area contributed by atoms with E-state index in [1.54, 1.807) is 0 Å². The number of hydrogen-bond donors (Lipinski definition) is 3. The summed E-state index contributed by atoms with van der Waals surface area (Å²) in [5, 5.41) is 12.0. The topological polar surface area (TPSA) is 113 Å². The Labute approximate surface area is 117 Å². The van der Waals surface area contributed by atoms with Gasteiger partial charge in [0.15, 0.2) is 0 Å². The maximum Gasteiger partial charge on any atom is 0.318 e. The van der Waals surface area contributed by atoms with E-state index in [0.717, 1.165) is 19.3 Å². The molecule has 7 heteroatoms. The second-order valence-electron chi connectivity index (χ2n) is 5.54. The fraction of sp³-hybridized carbons (Fsp3) is 0.769. The number of carboxylic acids is 1. The van der Waals surface area contributed by atoms with Gasteiger partial charge in [0.05, 0.1) is 5.92 Å². The van der Waals surface area contributed by atoms with Crippen LogP contribution in [0, 0.1) is 5.92 Å². The van der Waals surface area contributed by atoms with Crippen LogP contribution in [0.1, 0.15) is 38.5 Å². The van der Waals surface area contributed by atoms with Crippen LogP contribution in [-0.2, 0) is 9.59 Å².